The highest BCUT2D eigenvalue weighted by molar-refractivity contribution is 5.82. The average Bonchev–Trinajstić information content (AvgIpc) is 3.29. The Kier molecular flexibility index (Phi) is 4.37. The van der Waals surface area contributed by atoms with Crippen molar-refractivity contribution in [2.75, 3.05) is 0 Å². The van der Waals surface area contributed by atoms with E-state index in [0.717, 1.165) is 32.1 Å². The predicted octanol–water partition coefficient (Wildman–Crippen LogP) is 4.18. The van der Waals surface area contributed by atoms with Crippen molar-refractivity contribution >= 4 is 5.78 Å². The molecule has 0 amide bonds. The second-order valence-corrected chi connectivity index (χ2v) is 11.1. The molecule has 1 N–H and O–H groups in total. The van der Waals surface area contributed by atoms with Crippen molar-refractivity contribution in [3.05, 3.63) is 24.0 Å². The molecular formula is C24H35N3O2. The Morgan fingerprint density at radius 1 is 1.14 bits per heavy atom. The van der Waals surface area contributed by atoms with Gasteiger partial charge in [0.2, 0.25) is 0 Å². The number of carbonyl (C=O) groups is 1. The summed E-state index contributed by atoms with van der Waals surface area (Å²) in [6.07, 6.45) is 14.4. The maximum absolute atomic E-state index is 13.1. The molecule has 158 valence electrons. The van der Waals surface area contributed by atoms with Crippen LogP contribution in [0, 0.1) is 34.5 Å². The Morgan fingerprint density at radius 2 is 1.90 bits per heavy atom. The lowest BCUT2D eigenvalue weighted by atomic mass is 9.47. The van der Waals surface area contributed by atoms with Crippen LogP contribution in [0.5, 0.6) is 0 Å². The van der Waals surface area contributed by atoms with E-state index in [4.69, 9.17) is 0 Å². The van der Waals surface area contributed by atoms with E-state index in [1.54, 1.807) is 18.0 Å². The van der Waals surface area contributed by atoms with Crippen LogP contribution in [0.25, 0.3) is 0 Å². The van der Waals surface area contributed by atoms with Crippen LogP contribution in [-0.2, 0) is 11.3 Å². The smallest absolute Gasteiger partial charge is 0.159 e. The van der Waals surface area contributed by atoms with E-state index in [9.17, 15) is 9.90 Å². The van der Waals surface area contributed by atoms with E-state index in [0.29, 0.717) is 30.1 Å². The zero-order valence-corrected chi connectivity index (χ0v) is 18.1. The van der Waals surface area contributed by atoms with Crippen molar-refractivity contribution in [3.8, 4) is 0 Å². The molecular weight excluding hydrogens is 362 g/mol. The van der Waals surface area contributed by atoms with E-state index in [2.05, 4.69) is 30.1 Å². The molecule has 0 unspecified atom stereocenters. The number of carbonyl (C=O) groups excluding carboxylic acids is 1. The number of hydrogen-bond donors (Lipinski definition) is 1. The minimum Gasteiger partial charge on any atom is -0.390 e. The molecule has 0 aliphatic heterocycles. The summed E-state index contributed by atoms with van der Waals surface area (Å²) in [6, 6.07) is 0. The third-order valence-corrected chi connectivity index (χ3v) is 9.46. The Bertz CT molecular complexity index is 829. The maximum atomic E-state index is 13.1. The molecule has 1 heterocycles. The number of aliphatic hydroxyl groups is 1. The zero-order valence-electron chi connectivity index (χ0n) is 18.1. The molecule has 7 atom stereocenters. The first-order chi connectivity index (χ1) is 13.7. The topological polar surface area (TPSA) is 68.0 Å². The summed E-state index contributed by atoms with van der Waals surface area (Å²) < 4.78 is 0. The monoisotopic (exact) mass is 397 g/mol. The Hall–Kier alpha value is -1.49. The van der Waals surface area contributed by atoms with Gasteiger partial charge in [0, 0.05) is 5.92 Å². The first kappa shape index (κ1) is 19.5. The number of aromatic nitrogens is 3. The van der Waals surface area contributed by atoms with Gasteiger partial charge in [-0.2, -0.15) is 15.0 Å². The van der Waals surface area contributed by atoms with Gasteiger partial charge in [-0.05, 0) is 86.9 Å². The quantitative estimate of drug-likeness (QED) is 0.777. The average molecular weight is 398 g/mol. The van der Waals surface area contributed by atoms with Gasteiger partial charge in [0.15, 0.2) is 5.78 Å². The molecule has 3 fully saturated rings. The molecule has 1 aromatic rings. The van der Waals surface area contributed by atoms with Crippen molar-refractivity contribution in [2.45, 2.75) is 84.3 Å². The Morgan fingerprint density at radius 3 is 2.66 bits per heavy atom. The molecule has 29 heavy (non-hydrogen) atoms. The van der Waals surface area contributed by atoms with Crippen LogP contribution in [0.4, 0.5) is 0 Å². The van der Waals surface area contributed by atoms with E-state index >= 15 is 0 Å². The zero-order chi connectivity index (χ0) is 20.4. The summed E-state index contributed by atoms with van der Waals surface area (Å²) in [5.74, 6) is 2.26. The first-order valence-corrected chi connectivity index (χ1v) is 11.5. The minimum absolute atomic E-state index is 0.0712. The van der Waals surface area contributed by atoms with E-state index < -0.39 is 5.60 Å². The molecule has 0 saturated heterocycles. The van der Waals surface area contributed by atoms with E-state index in [1.807, 2.05) is 6.92 Å². The van der Waals surface area contributed by atoms with Gasteiger partial charge >= 0.3 is 0 Å². The molecule has 5 nitrogen and oxygen atoms in total. The third-order valence-electron chi connectivity index (χ3n) is 9.46. The molecule has 0 bridgehead atoms. The van der Waals surface area contributed by atoms with Gasteiger partial charge in [0.1, 0.15) is 6.54 Å². The van der Waals surface area contributed by atoms with Crippen LogP contribution in [-0.4, -0.2) is 31.5 Å². The number of nitrogens with zero attached hydrogens (tertiary/aromatic N) is 3. The minimum atomic E-state index is -0.494. The highest BCUT2D eigenvalue weighted by atomic mass is 16.3. The van der Waals surface area contributed by atoms with Gasteiger partial charge in [-0.3, -0.25) is 4.79 Å². The van der Waals surface area contributed by atoms with Crippen LogP contribution in [0.15, 0.2) is 24.0 Å². The molecule has 5 rings (SSSR count). The van der Waals surface area contributed by atoms with E-state index in [-0.39, 0.29) is 16.7 Å². The molecule has 0 aromatic carbocycles. The summed E-state index contributed by atoms with van der Waals surface area (Å²) in [6.45, 7) is 7.16. The number of allylic oxidation sites excluding steroid dienone is 2. The molecule has 5 heteroatoms. The molecule has 0 spiro atoms. The number of fused-ring (bicyclic) bond motifs is 5. The number of ketones is 1. The summed E-state index contributed by atoms with van der Waals surface area (Å²) in [5.41, 5.74) is 1.50. The normalized spacial score (nSPS) is 46.4. The van der Waals surface area contributed by atoms with Gasteiger partial charge < -0.3 is 5.11 Å². The lowest BCUT2D eigenvalue weighted by molar-refractivity contribution is -0.128. The number of rotatable bonds is 3. The lowest BCUT2D eigenvalue weighted by Crippen LogP contribution is -2.51. The van der Waals surface area contributed by atoms with Crippen molar-refractivity contribution in [3.63, 3.8) is 0 Å². The lowest BCUT2D eigenvalue weighted by Gasteiger charge is -2.58. The highest BCUT2D eigenvalue weighted by Crippen LogP contribution is 2.66. The maximum Gasteiger partial charge on any atom is 0.159 e. The van der Waals surface area contributed by atoms with Crippen LogP contribution in [0.1, 0.15) is 72.1 Å². The molecule has 1 aromatic heterocycles. The van der Waals surface area contributed by atoms with Crippen molar-refractivity contribution in [1.82, 2.24) is 15.0 Å². The Labute approximate surface area is 173 Å². The van der Waals surface area contributed by atoms with Gasteiger partial charge in [-0.15, -0.1) is 0 Å². The SMILES string of the molecule is C[C@@]1(O)CC[C@]2(C)C3=CC[C@]4(C)[C@@H](C(=O)Cn5nccn5)CC[C@H]4[C@@H]3CC[C@@H]2C1. The molecule has 4 aliphatic carbocycles. The summed E-state index contributed by atoms with van der Waals surface area (Å²) in [4.78, 5) is 14.7. The van der Waals surface area contributed by atoms with Gasteiger partial charge in [-0.1, -0.05) is 25.5 Å². The van der Waals surface area contributed by atoms with Crippen LogP contribution in [0.2, 0.25) is 0 Å². The largest absolute Gasteiger partial charge is 0.390 e. The first-order valence-electron chi connectivity index (χ1n) is 11.5. The van der Waals surface area contributed by atoms with Crippen molar-refractivity contribution in [1.29, 1.82) is 0 Å². The fourth-order valence-corrected chi connectivity index (χ4v) is 7.81. The fourth-order valence-electron chi connectivity index (χ4n) is 7.81. The third kappa shape index (κ3) is 2.95. The van der Waals surface area contributed by atoms with E-state index in [1.165, 1.54) is 24.1 Å². The predicted molar refractivity (Wildman–Crippen MR) is 111 cm³/mol. The van der Waals surface area contributed by atoms with Gasteiger partial charge in [-0.25, -0.2) is 0 Å². The molecule has 4 aliphatic rings. The summed E-state index contributed by atoms with van der Waals surface area (Å²) in [5, 5.41) is 18.9. The number of Topliss-reactive ketones (excluding diaryl/α,β-unsaturated/α-hetero) is 1. The Balaban J connectivity index is 1.40. The molecule has 0 radical (unpaired) electrons. The van der Waals surface area contributed by atoms with Crippen molar-refractivity contribution in [2.24, 2.45) is 34.5 Å². The summed E-state index contributed by atoms with van der Waals surface area (Å²) >= 11 is 0. The second-order valence-electron chi connectivity index (χ2n) is 11.1. The van der Waals surface area contributed by atoms with Crippen molar-refractivity contribution < 1.29 is 9.90 Å². The summed E-state index contributed by atoms with van der Waals surface area (Å²) in [7, 11) is 0. The van der Waals surface area contributed by atoms with Crippen LogP contribution >= 0.6 is 0 Å². The van der Waals surface area contributed by atoms with Gasteiger partial charge in [0.05, 0.1) is 18.0 Å². The molecule has 3 saturated carbocycles. The fraction of sp³-hybridized carbons (Fsp3) is 0.792. The van der Waals surface area contributed by atoms with Gasteiger partial charge in [0.25, 0.3) is 0 Å². The standard InChI is InChI=1S/C24H35N3O2/c1-22(29)10-11-23(2)16(14-22)4-5-17-18-6-7-20(24(18,3)9-8-19(17)23)21(28)15-27-25-12-13-26-27/h8,12-13,16-18,20,29H,4-7,9-11,14-15H2,1-3H3/t16-,17+,18+,20-,22-,23+,24+/m1/s1. The van der Waals surface area contributed by atoms with Crippen LogP contribution < -0.4 is 0 Å². The van der Waals surface area contributed by atoms with Crippen LogP contribution in [0.3, 0.4) is 0 Å². The number of hydrogen-bond acceptors (Lipinski definition) is 4. The second kappa shape index (κ2) is 6.50. The highest BCUT2D eigenvalue weighted by Gasteiger charge is 2.59.